The second-order valence-electron chi connectivity index (χ2n) is 5.81. The number of amides is 1. The molecule has 1 unspecified atom stereocenters. The van der Waals surface area contributed by atoms with Crippen molar-refractivity contribution in [1.82, 2.24) is 5.32 Å². The van der Waals surface area contributed by atoms with Crippen molar-refractivity contribution in [3.63, 3.8) is 0 Å². The van der Waals surface area contributed by atoms with E-state index in [1.54, 1.807) is 42.5 Å². The number of nitrogens with one attached hydrogen (secondary N) is 1. The van der Waals surface area contributed by atoms with Crippen LogP contribution in [0, 0.1) is 0 Å². The Balaban J connectivity index is 1.62. The molecule has 2 aromatic carbocycles. The molecule has 0 radical (unpaired) electrons. The number of hydrogen-bond acceptors (Lipinski definition) is 5. The Hall–Kier alpha value is -3.22. The maximum Gasteiger partial charge on any atom is 0.341 e. The maximum atomic E-state index is 12.5. The first kappa shape index (κ1) is 17.6. The number of aliphatic carboxylic acids is 1. The number of benzene rings is 2. The quantitative estimate of drug-likeness (QED) is 0.825. The van der Waals surface area contributed by atoms with Crippen LogP contribution < -0.4 is 19.5 Å². The van der Waals surface area contributed by atoms with Crippen LogP contribution in [0.5, 0.6) is 17.2 Å². The number of carboxylic acid groups (broad SMARTS) is 1. The predicted molar refractivity (Wildman–Crippen MR) is 92.9 cm³/mol. The van der Waals surface area contributed by atoms with E-state index >= 15 is 0 Å². The molecule has 1 heterocycles. The summed E-state index contributed by atoms with van der Waals surface area (Å²) in [6.45, 7) is 2.44. The van der Waals surface area contributed by atoms with Gasteiger partial charge in [0.1, 0.15) is 19.0 Å². The molecule has 3 rings (SSSR count). The third-order valence-corrected chi connectivity index (χ3v) is 3.89. The van der Waals surface area contributed by atoms with E-state index in [2.05, 4.69) is 5.32 Å². The Kier molecular flexibility index (Phi) is 5.26. The zero-order valence-electron chi connectivity index (χ0n) is 14.2. The van der Waals surface area contributed by atoms with Crippen LogP contribution in [-0.2, 0) is 4.79 Å². The highest BCUT2D eigenvalue weighted by Gasteiger charge is 2.16. The zero-order chi connectivity index (χ0) is 18.5. The lowest BCUT2D eigenvalue weighted by atomic mass is 10.1. The predicted octanol–water partition coefficient (Wildman–Crippen LogP) is 2.41. The summed E-state index contributed by atoms with van der Waals surface area (Å²) in [6.07, 6.45) is 0. The first-order valence-corrected chi connectivity index (χ1v) is 8.18. The van der Waals surface area contributed by atoms with Gasteiger partial charge in [-0.15, -0.1) is 0 Å². The summed E-state index contributed by atoms with van der Waals surface area (Å²) < 4.78 is 16.0. The topological polar surface area (TPSA) is 94.1 Å². The van der Waals surface area contributed by atoms with Gasteiger partial charge in [-0.05, 0) is 42.8 Å². The number of carbonyl (C=O) groups is 2. The van der Waals surface area contributed by atoms with E-state index in [1.165, 1.54) is 0 Å². The van der Waals surface area contributed by atoms with E-state index in [9.17, 15) is 9.59 Å². The maximum absolute atomic E-state index is 12.5. The fourth-order valence-electron chi connectivity index (χ4n) is 2.55. The van der Waals surface area contributed by atoms with E-state index < -0.39 is 12.6 Å². The van der Waals surface area contributed by atoms with Gasteiger partial charge < -0.3 is 24.6 Å². The van der Waals surface area contributed by atoms with Gasteiger partial charge in [-0.25, -0.2) is 4.79 Å². The summed E-state index contributed by atoms with van der Waals surface area (Å²) in [6, 6.07) is 11.8. The molecular formula is C19H19NO6. The molecule has 0 saturated heterocycles. The zero-order valence-corrected chi connectivity index (χ0v) is 14.2. The lowest BCUT2D eigenvalue weighted by Gasteiger charge is -2.19. The molecule has 7 nitrogen and oxygen atoms in total. The van der Waals surface area contributed by atoms with Gasteiger partial charge in [-0.3, -0.25) is 4.79 Å². The van der Waals surface area contributed by atoms with Crippen molar-refractivity contribution in [2.24, 2.45) is 0 Å². The molecule has 1 aliphatic rings. The van der Waals surface area contributed by atoms with Crippen LogP contribution in [-0.4, -0.2) is 36.8 Å². The molecular weight excluding hydrogens is 338 g/mol. The first-order valence-electron chi connectivity index (χ1n) is 8.18. The Morgan fingerprint density at radius 1 is 1.12 bits per heavy atom. The normalized spacial score (nSPS) is 13.6. The smallest absolute Gasteiger partial charge is 0.341 e. The van der Waals surface area contributed by atoms with E-state index in [0.29, 0.717) is 36.0 Å². The molecule has 1 amide bonds. The van der Waals surface area contributed by atoms with E-state index in [0.717, 1.165) is 5.56 Å². The minimum Gasteiger partial charge on any atom is -0.486 e. The number of carboxylic acids is 1. The minimum absolute atomic E-state index is 0.222. The van der Waals surface area contributed by atoms with E-state index in [-0.39, 0.29) is 11.9 Å². The standard InChI is InChI=1S/C19H19NO6/c1-12(13-2-5-15(6-3-13)26-11-18(21)22)20-19(23)14-4-7-16-17(10-14)25-9-8-24-16/h2-7,10,12H,8-9,11H2,1H3,(H,20,23)(H,21,22). The fourth-order valence-corrected chi connectivity index (χ4v) is 2.55. The molecule has 0 fully saturated rings. The summed E-state index contributed by atoms with van der Waals surface area (Å²) >= 11 is 0. The Morgan fingerprint density at radius 2 is 1.81 bits per heavy atom. The third kappa shape index (κ3) is 4.24. The first-order chi connectivity index (χ1) is 12.5. The molecule has 136 valence electrons. The van der Waals surface area contributed by atoms with Crippen molar-refractivity contribution < 1.29 is 28.9 Å². The van der Waals surface area contributed by atoms with Gasteiger partial charge in [0, 0.05) is 5.56 Å². The molecule has 2 aromatic rings. The van der Waals surface area contributed by atoms with Gasteiger partial charge in [-0.2, -0.15) is 0 Å². The van der Waals surface area contributed by atoms with Gasteiger partial charge in [0.2, 0.25) is 0 Å². The molecule has 2 N–H and O–H groups in total. The highest BCUT2D eigenvalue weighted by molar-refractivity contribution is 5.95. The lowest BCUT2D eigenvalue weighted by Crippen LogP contribution is -2.27. The molecule has 1 aliphatic heterocycles. The van der Waals surface area contributed by atoms with Crippen LogP contribution in [0.3, 0.4) is 0 Å². The summed E-state index contributed by atoms with van der Waals surface area (Å²) in [5.41, 5.74) is 1.36. The SMILES string of the molecule is CC(NC(=O)c1ccc2c(c1)OCCO2)c1ccc(OCC(=O)O)cc1. The molecule has 7 heteroatoms. The molecule has 0 bridgehead atoms. The number of ether oxygens (including phenoxy) is 3. The average molecular weight is 357 g/mol. The van der Waals surface area contributed by atoms with Crippen LogP contribution in [0.4, 0.5) is 0 Å². The van der Waals surface area contributed by atoms with Gasteiger partial charge in [0.05, 0.1) is 6.04 Å². The van der Waals surface area contributed by atoms with Crippen LogP contribution in [0.15, 0.2) is 42.5 Å². The van der Waals surface area contributed by atoms with Crippen LogP contribution >= 0.6 is 0 Å². The number of hydrogen-bond donors (Lipinski definition) is 2. The summed E-state index contributed by atoms with van der Waals surface area (Å²) in [5.74, 6) is 0.408. The number of fused-ring (bicyclic) bond motifs is 1. The second-order valence-corrected chi connectivity index (χ2v) is 5.81. The van der Waals surface area contributed by atoms with Gasteiger partial charge in [-0.1, -0.05) is 12.1 Å². The van der Waals surface area contributed by atoms with Crippen molar-refractivity contribution in [2.75, 3.05) is 19.8 Å². The van der Waals surface area contributed by atoms with Gasteiger partial charge in [0.15, 0.2) is 18.1 Å². The van der Waals surface area contributed by atoms with Gasteiger partial charge in [0.25, 0.3) is 5.91 Å². The molecule has 0 saturated carbocycles. The van der Waals surface area contributed by atoms with Crippen molar-refractivity contribution in [1.29, 1.82) is 0 Å². The van der Waals surface area contributed by atoms with Crippen molar-refractivity contribution in [3.8, 4) is 17.2 Å². The largest absolute Gasteiger partial charge is 0.486 e. The molecule has 26 heavy (non-hydrogen) atoms. The summed E-state index contributed by atoms with van der Waals surface area (Å²) in [4.78, 5) is 23.0. The van der Waals surface area contributed by atoms with Crippen LogP contribution in [0.1, 0.15) is 28.9 Å². The van der Waals surface area contributed by atoms with Crippen LogP contribution in [0.2, 0.25) is 0 Å². The second kappa shape index (κ2) is 7.77. The van der Waals surface area contributed by atoms with E-state index in [4.69, 9.17) is 19.3 Å². The average Bonchev–Trinajstić information content (AvgIpc) is 2.66. The van der Waals surface area contributed by atoms with Crippen molar-refractivity contribution >= 4 is 11.9 Å². The number of rotatable bonds is 6. The highest BCUT2D eigenvalue weighted by atomic mass is 16.6. The van der Waals surface area contributed by atoms with Gasteiger partial charge >= 0.3 is 5.97 Å². The lowest BCUT2D eigenvalue weighted by molar-refractivity contribution is -0.139. The monoisotopic (exact) mass is 357 g/mol. The van der Waals surface area contributed by atoms with Crippen LogP contribution in [0.25, 0.3) is 0 Å². The number of carbonyl (C=O) groups excluding carboxylic acids is 1. The van der Waals surface area contributed by atoms with Crippen molar-refractivity contribution in [3.05, 3.63) is 53.6 Å². The Labute approximate surface area is 150 Å². The summed E-state index contributed by atoms with van der Waals surface area (Å²) in [7, 11) is 0. The highest BCUT2D eigenvalue weighted by Crippen LogP contribution is 2.31. The Bertz CT molecular complexity index is 802. The molecule has 1 atom stereocenters. The molecule has 0 aliphatic carbocycles. The minimum atomic E-state index is -1.03. The van der Waals surface area contributed by atoms with E-state index in [1.807, 2.05) is 6.92 Å². The molecule has 0 aromatic heterocycles. The Morgan fingerprint density at radius 3 is 2.50 bits per heavy atom. The molecule has 0 spiro atoms. The third-order valence-electron chi connectivity index (χ3n) is 3.89. The fraction of sp³-hybridized carbons (Fsp3) is 0.263. The summed E-state index contributed by atoms with van der Waals surface area (Å²) in [5, 5.41) is 11.5. The van der Waals surface area contributed by atoms with Crippen molar-refractivity contribution in [2.45, 2.75) is 13.0 Å².